The number of hydrogen-bond acceptors (Lipinski definition) is 4. The van der Waals surface area contributed by atoms with Gasteiger partial charge in [-0.25, -0.2) is 0 Å². The summed E-state index contributed by atoms with van der Waals surface area (Å²) in [5, 5.41) is 0. The van der Waals surface area contributed by atoms with Gasteiger partial charge in [0.05, 0.1) is 5.56 Å². The first-order chi connectivity index (χ1) is 10.1. The standard InChI is InChI=1S/C15H16N2O4/c1-10-8-13(11(2)21-10)15(19)17-16-14(18)9-20-12-6-4-3-5-7-12/h3-8H,9H2,1-2H3,(H,16,18)(H,17,19). The average Bonchev–Trinajstić information content (AvgIpc) is 2.82. The highest BCUT2D eigenvalue weighted by Gasteiger charge is 2.14. The molecular formula is C15H16N2O4. The number of aryl methyl sites for hydroxylation is 2. The van der Waals surface area contributed by atoms with Crippen LogP contribution in [0.1, 0.15) is 21.9 Å². The van der Waals surface area contributed by atoms with E-state index in [0.29, 0.717) is 22.8 Å². The van der Waals surface area contributed by atoms with Gasteiger partial charge in [0, 0.05) is 0 Å². The second kappa shape index (κ2) is 6.60. The Labute approximate surface area is 122 Å². The third-order valence-corrected chi connectivity index (χ3v) is 2.71. The second-order valence-corrected chi connectivity index (χ2v) is 4.43. The molecule has 0 aliphatic heterocycles. The Kier molecular flexibility index (Phi) is 4.61. The molecule has 0 saturated carbocycles. The summed E-state index contributed by atoms with van der Waals surface area (Å²) in [5.41, 5.74) is 4.98. The third-order valence-electron chi connectivity index (χ3n) is 2.71. The van der Waals surface area contributed by atoms with Crippen LogP contribution in [0.15, 0.2) is 40.8 Å². The maximum Gasteiger partial charge on any atom is 0.276 e. The minimum atomic E-state index is -0.454. The van der Waals surface area contributed by atoms with Crippen LogP contribution >= 0.6 is 0 Å². The first-order valence-corrected chi connectivity index (χ1v) is 6.40. The van der Waals surface area contributed by atoms with Crippen LogP contribution in [0.4, 0.5) is 0 Å². The van der Waals surface area contributed by atoms with E-state index in [1.165, 1.54) is 0 Å². The quantitative estimate of drug-likeness (QED) is 0.840. The van der Waals surface area contributed by atoms with E-state index < -0.39 is 11.8 Å². The number of ether oxygens (including phenoxy) is 1. The fraction of sp³-hybridized carbons (Fsp3) is 0.200. The van der Waals surface area contributed by atoms with E-state index in [4.69, 9.17) is 9.15 Å². The van der Waals surface area contributed by atoms with Crippen LogP contribution in [0.5, 0.6) is 5.75 Å². The number of hydrogen-bond donors (Lipinski definition) is 2. The molecule has 2 N–H and O–H groups in total. The van der Waals surface area contributed by atoms with Gasteiger partial charge >= 0.3 is 0 Å². The number of benzene rings is 1. The fourth-order valence-corrected chi connectivity index (χ4v) is 1.75. The van der Waals surface area contributed by atoms with E-state index >= 15 is 0 Å². The van der Waals surface area contributed by atoms with E-state index in [2.05, 4.69) is 10.9 Å². The van der Waals surface area contributed by atoms with Gasteiger partial charge in [0.2, 0.25) is 0 Å². The molecule has 21 heavy (non-hydrogen) atoms. The summed E-state index contributed by atoms with van der Waals surface area (Å²) in [6.45, 7) is 3.24. The van der Waals surface area contributed by atoms with Crippen molar-refractivity contribution in [3.63, 3.8) is 0 Å². The SMILES string of the molecule is Cc1cc(C(=O)NNC(=O)COc2ccccc2)c(C)o1. The molecule has 0 spiro atoms. The predicted octanol–water partition coefficient (Wildman–Crippen LogP) is 1.74. The van der Waals surface area contributed by atoms with Gasteiger partial charge in [0.25, 0.3) is 11.8 Å². The molecule has 2 aromatic rings. The van der Waals surface area contributed by atoms with Crippen molar-refractivity contribution in [3.8, 4) is 5.75 Å². The summed E-state index contributed by atoms with van der Waals surface area (Å²) >= 11 is 0. The van der Waals surface area contributed by atoms with E-state index in [1.807, 2.05) is 6.07 Å². The number of amides is 2. The highest BCUT2D eigenvalue weighted by molar-refractivity contribution is 5.96. The summed E-state index contributed by atoms with van der Waals surface area (Å²) in [6.07, 6.45) is 0. The Morgan fingerprint density at radius 1 is 1.14 bits per heavy atom. The normalized spacial score (nSPS) is 10.0. The molecule has 110 valence electrons. The van der Waals surface area contributed by atoms with Gasteiger partial charge in [-0.05, 0) is 32.0 Å². The molecule has 1 heterocycles. The van der Waals surface area contributed by atoms with E-state index in [0.717, 1.165) is 0 Å². The number of carbonyl (C=O) groups is 2. The van der Waals surface area contributed by atoms with Crippen LogP contribution in [-0.2, 0) is 4.79 Å². The van der Waals surface area contributed by atoms with Crippen LogP contribution in [0.25, 0.3) is 0 Å². The van der Waals surface area contributed by atoms with Crippen LogP contribution in [0.3, 0.4) is 0 Å². The molecule has 0 radical (unpaired) electrons. The Hall–Kier alpha value is -2.76. The number of para-hydroxylation sites is 1. The molecule has 6 heteroatoms. The third kappa shape index (κ3) is 4.10. The number of hydrazine groups is 1. The molecule has 0 aliphatic carbocycles. The van der Waals surface area contributed by atoms with Crippen molar-refractivity contribution in [3.05, 3.63) is 53.5 Å². The Balaban J connectivity index is 1.79. The van der Waals surface area contributed by atoms with Gasteiger partial charge in [-0.2, -0.15) is 0 Å². The highest BCUT2D eigenvalue weighted by Crippen LogP contribution is 2.12. The molecule has 0 atom stereocenters. The van der Waals surface area contributed by atoms with Crippen molar-refractivity contribution < 1.29 is 18.7 Å². The number of rotatable bonds is 4. The lowest BCUT2D eigenvalue weighted by atomic mass is 10.2. The smallest absolute Gasteiger partial charge is 0.276 e. The molecule has 0 aliphatic rings. The van der Waals surface area contributed by atoms with Crippen molar-refractivity contribution in [2.24, 2.45) is 0 Å². The van der Waals surface area contributed by atoms with Crippen LogP contribution < -0.4 is 15.6 Å². The van der Waals surface area contributed by atoms with Crippen molar-refractivity contribution in [1.82, 2.24) is 10.9 Å². The van der Waals surface area contributed by atoms with Crippen molar-refractivity contribution in [2.45, 2.75) is 13.8 Å². The minimum Gasteiger partial charge on any atom is -0.484 e. The molecule has 0 bridgehead atoms. The van der Waals surface area contributed by atoms with Gasteiger partial charge in [-0.15, -0.1) is 0 Å². The zero-order valence-corrected chi connectivity index (χ0v) is 11.8. The van der Waals surface area contributed by atoms with E-state index in [-0.39, 0.29) is 6.61 Å². The van der Waals surface area contributed by atoms with Gasteiger partial charge in [0.1, 0.15) is 17.3 Å². The number of carbonyl (C=O) groups excluding carboxylic acids is 2. The van der Waals surface area contributed by atoms with Crippen LogP contribution in [0, 0.1) is 13.8 Å². The zero-order valence-electron chi connectivity index (χ0n) is 11.8. The van der Waals surface area contributed by atoms with Gasteiger partial charge < -0.3 is 9.15 Å². The van der Waals surface area contributed by atoms with Crippen LogP contribution in [0.2, 0.25) is 0 Å². The Morgan fingerprint density at radius 2 is 1.86 bits per heavy atom. The molecule has 1 aromatic heterocycles. The lowest BCUT2D eigenvalue weighted by Crippen LogP contribution is -2.43. The van der Waals surface area contributed by atoms with E-state index in [9.17, 15) is 9.59 Å². The zero-order chi connectivity index (χ0) is 15.2. The molecule has 0 saturated heterocycles. The first-order valence-electron chi connectivity index (χ1n) is 6.40. The summed E-state index contributed by atoms with van der Waals surface area (Å²) < 4.78 is 10.5. The number of furan rings is 1. The molecule has 2 amide bonds. The average molecular weight is 288 g/mol. The largest absolute Gasteiger partial charge is 0.484 e. The molecule has 2 rings (SSSR count). The summed E-state index contributed by atoms with van der Waals surface area (Å²) in [7, 11) is 0. The van der Waals surface area contributed by atoms with Gasteiger partial charge in [0.15, 0.2) is 6.61 Å². The summed E-state index contributed by atoms with van der Waals surface area (Å²) in [6, 6.07) is 10.5. The fourth-order valence-electron chi connectivity index (χ4n) is 1.75. The van der Waals surface area contributed by atoms with Crippen molar-refractivity contribution >= 4 is 11.8 Å². The van der Waals surface area contributed by atoms with Crippen molar-refractivity contribution in [1.29, 1.82) is 0 Å². The van der Waals surface area contributed by atoms with Crippen molar-refractivity contribution in [2.75, 3.05) is 6.61 Å². The number of nitrogens with one attached hydrogen (secondary N) is 2. The predicted molar refractivity (Wildman–Crippen MR) is 75.7 cm³/mol. The lowest BCUT2D eigenvalue weighted by Gasteiger charge is -2.08. The Bertz CT molecular complexity index is 634. The maximum atomic E-state index is 11.8. The molecule has 0 fully saturated rings. The lowest BCUT2D eigenvalue weighted by molar-refractivity contribution is -0.123. The van der Waals surface area contributed by atoms with Crippen LogP contribution in [-0.4, -0.2) is 18.4 Å². The highest BCUT2D eigenvalue weighted by atomic mass is 16.5. The van der Waals surface area contributed by atoms with Gasteiger partial charge in [-0.1, -0.05) is 18.2 Å². The molecule has 1 aromatic carbocycles. The van der Waals surface area contributed by atoms with Gasteiger partial charge in [-0.3, -0.25) is 20.4 Å². The maximum absolute atomic E-state index is 11.8. The summed E-state index contributed by atoms with van der Waals surface area (Å²) in [5.74, 6) is 0.832. The molecular weight excluding hydrogens is 272 g/mol. The monoisotopic (exact) mass is 288 g/mol. The summed E-state index contributed by atoms with van der Waals surface area (Å²) in [4.78, 5) is 23.4. The second-order valence-electron chi connectivity index (χ2n) is 4.43. The topological polar surface area (TPSA) is 80.6 Å². The Morgan fingerprint density at radius 3 is 2.48 bits per heavy atom. The minimum absolute atomic E-state index is 0.187. The molecule has 0 unspecified atom stereocenters. The first kappa shape index (κ1) is 14.6. The van der Waals surface area contributed by atoms with E-state index in [1.54, 1.807) is 44.2 Å². The molecule has 6 nitrogen and oxygen atoms in total.